The first-order chi connectivity index (χ1) is 10.1. The lowest BCUT2D eigenvalue weighted by Crippen LogP contribution is -2.32. The van der Waals surface area contributed by atoms with Gasteiger partial charge in [0, 0.05) is 24.8 Å². The average Bonchev–Trinajstić information content (AvgIpc) is 2.93. The van der Waals surface area contributed by atoms with Crippen molar-refractivity contribution in [1.82, 2.24) is 0 Å². The van der Waals surface area contributed by atoms with Crippen molar-refractivity contribution in [3.05, 3.63) is 18.2 Å². The number of carbonyl (C=O) groups is 1. The second-order valence-electron chi connectivity index (χ2n) is 5.43. The van der Waals surface area contributed by atoms with E-state index in [0.29, 0.717) is 6.54 Å². The summed E-state index contributed by atoms with van der Waals surface area (Å²) in [4.78, 5) is 13.2. The zero-order valence-corrected chi connectivity index (χ0v) is 12.7. The number of anilines is 1. The molecule has 5 heteroatoms. The molecule has 1 aliphatic rings. The van der Waals surface area contributed by atoms with E-state index in [4.69, 9.17) is 14.6 Å². The van der Waals surface area contributed by atoms with Crippen LogP contribution in [0.4, 0.5) is 5.69 Å². The number of benzene rings is 1. The summed E-state index contributed by atoms with van der Waals surface area (Å²) in [5.74, 6) is 0.308. The molecular formula is C16H23NO4. The van der Waals surface area contributed by atoms with Gasteiger partial charge in [-0.3, -0.25) is 4.79 Å². The maximum atomic E-state index is 11.1. The minimum atomic E-state index is -0.767. The molecule has 0 spiro atoms. The summed E-state index contributed by atoms with van der Waals surface area (Å²) in [5.41, 5.74) is 0.989. The van der Waals surface area contributed by atoms with E-state index >= 15 is 0 Å². The lowest BCUT2D eigenvalue weighted by molar-refractivity contribution is -0.140. The summed E-state index contributed by atoms with van der Waals surface area (Å²) in [7, 11) is 0. The van der Waals surface area contributed by atoms with Crippen molar-refractivity contribution in [2.75, 3.05) is 24.8 Å². The van der Waals surface area contributed by atoms with Crippen LogP contribution < -0.4 is 14.4 Å². The van der Waals surface area contributed by atoms with Gasteiger partial charge in [0.25, 0.3) is 0 Å². The molecule has 1 heterocycles. The Hall–Kier alpha value is -1.91. The van der Waals surface area contributed by atoms with Crippen LogP contribution in [0.1, 0.15) is 33.1 Å². The van der Waals surface area contributed by atoms with Gasteiger partial charge in [-0.15, -0.1) is 0 Å². The maximum absolute atomic E-state index is 11.1. The zero-order valence-electron chi connectivity index (χ0n) is 12.7. The highest BCUT2D eigenvalue weighted by Gasteiger charge is 2.19. The SMILES string of the molecule is CCCCCN(CC(C)C(=O)O)c1ccc2c(c1)OCO2. The Bertz CT molecular complexity index is 489. The molecule has 116 valence electrons. The van der Waals surface area contributed by atoms with E-state index < -0.39 is 11.9 Å². The molecule has 2 rings (SSSR count). The molecule has 0 radical (unpaired) electrons. The first-order valence-corrected chi connectivity index (χ1v) is 7.49. The van der Waals surface area contributed by atoms with E-state index in [9.17, 15) is 4.79 Å². The molecule has 1 unspecified atom stereocenters. The van der Waals surface area contributed by atoms with Crippen molar-refractivity contribution >= 4 is 11.7 Å². The number of carboxylic acids is 1. The van der Waals surface area contributed by atoms with Crippen LogP contribution in [0.3, 0.4) is 0 Å². The van der Waals surface area contributed by atoms with Crippen molar-refractivity contribution in [1.29, 1.82) is 0 Å². The average molecular weight is 293 g/mol. The van der Waals surface area contributed by atoms with Gasteiger partial charge in [-0.1, -0.05) is 26.7 Å². The number of carboxylic acid groups (broad SMARTS) is 1. The normalized spacial score (nSPS) is 14.0. The molecule has 1 aromatic rings. The molecule has 0 saturated carbocycles. The molecule has 0 aliphatic carbocycles. The first-order valence-electron chi connectivity index (χ1n) is 7.49. The smallest absolute Gasteiger partial charge is 0.308 e. The fourth-order valence-corrected chi connectivity index (χ4v) is 2.37. The fraction of sp³-hybridized carbons (Fsp3) is 0.562. The van der Waals surface area contributed by atoms with E-state index in [1.165, 1.54) is 0 Å². The number of fused-ring (bicyclic) bond motifs is 1. The summed E-state index contributed by atoms with van der Waals surface area (Å²) in [6.45, 7) is 5.50. The first kappa shape index (κ1) is 15.5. The molecule has 0 amide bonds. The topological polar surface area (TPSA) is 59.0 Å². The second-order valence-corrected chi connectivity index (χ2v) is 5.43. The summed E-state index contributed by atoms with van der Waals surface area (Å²) in [6, 6.07) is 5.78. The quantitative estimate of drug-likeness (QED) is 0.746. The van der Waals surface area contributed by atoms with Gasteiger partial charge in [-0.2, -0.15) is 0 Å². The number of unbranched alkanes of at least 4 members (excludes halogenated alkanes) is 2. The predicted octanol–water partition coefficient (Wildman–Crippen LogP) is 3.13. The van der Waals surface area contributed by atoms with Gasteiger partial charge in [-0.05, 0) is 18.6 Å². The van der Waals surface area contributed by atoms with Gasteiger partial charge in [0.1, 0.15) is 0 Å². The summed E-state index contributed by atoms with van der Waals surface area (Å²) in [6.07, 6.45) is 3.34. The number of hydrogen-bond acceptors (Lipinski definition) is 4. The minimum Gasteiger partial charge on any atom is -0.481 e. The van der Waals surface area contributed by atoms with Crippen LogP contribution in [0, 0.1) is 5.92 Å². The van der Waals surface area contributed by atoms with Gasteiger partial charge in [0.05, 0.1) is 5.92 Å². The fourth-order valence-electron chi connectivity index (χ4n) is 2.37. The number of nitrogens with zero attached hydrogens (tertiary/aromatic N) is 1. The van der Waals surface area contributed by atoms with E-state index in [-0.39, 0.29) is 6.79 Å². The van der Waals surface area contributed by atoms with Crippen molar-refractivity contribution in [2.24, 2.45) is 5.92 Å². The van der Waals surface area contributed by atoms with Crippen molar-refractivity contribution in [2.45, 2.75) is 33.1 Å². The predicted molar refractivity (Wildman–Crippen MR) is 81.1 cm³/mol. The molecule has 0 aromatic heterocycles. The van der Waals surface area contributed by atoms with Gasteiger partial charge < -0.3 is 19.5 Å². The molecule has 0 fully saturated rings. The van der Waals surface area contributed by atoms with Crippen LogP contribution in [0.2, 0.25) is 0 Å². The van der Waals surface area contributed by atoms with E-state index in [1.807, 2.05) is 18.2 Å². The third-order valence-electron chi connectivity index (χ3n) is 3.67. The Balaban J connectivity index is 2.11. The summed E-state index contributed by atoms with van der Waals surface area (Å²) < 4.78 is 10.7. The van der Waals surface area contributed by atoms with Crippen LogP contribution in [-0.2, 0) is 4.79 Å². The van der Waals surface area contributed by atoms with Crippen molar-refractivity contribution in [3.8, 4) is 11.5 Å². The highest BCUT2D eigenvalue weighted by molar-refractivity contribution is 5.70. The Morgan fingerprint density at radius 1 is 1.33 bits per heavy atom. The zero-order chi connectivity index (χ0) is 15.2. The Morgan fingerprint density at radius 3 is 2.81 bits per heavy atom. The molecule has 1 aromatic carbocycles. The molecule has 1 atom stereocenters. The highest BCUT2D eigenvalue weighted by Crippen LogP contribution is 2.35. The van der Waals surface area contributed by atoms with Crippen molar-refractivity contribution < 1.29 is 19.4 Å². The number of rotatable bonds is 8. The molecular weight excluding hydrogens is 270 g/mol. The minimum absolute atomic E-state index is 0.250. The van der Waals surface area contributed by atoms with Crippen LogP contribution in [0.5, 0.6) is 11.5 Å². The van der Waals surface area contributed by atoms with Crippen molar-refractivity contribution in [3.63, 3.8) is 0 Å². The Kier molecular flexibility index (Phi) is 5.31. The summed E-state index contributed by atoms with van der Waals surface area (Å²) in [5, 5.41) is 9.13. The number of aliphatic carboxylic acids is 1. The molecule has 1 aliphatic heterocycles. The van der Waals surface area contributed by atoms with Crippen LogP contribution in [0.15, 0.2) is 18.2 Å². The highest BCUT2D eigenvalue weighted by atomic mass is 16.7. The Morgan fingerprint density at radius 2 is 2.10 bits per heavy atom. The van der Waals surface area contributed by atoms with E-state index in [2.05, 4.69) is 11.8 Å². The molecule has 1 N–H and O–H groups in total. The third-order valence-corrected chi connectivity index (χ3v) is 3.67. The lowest BCUT2D eigenvalue weighted by atomic mass is 10.1. The Labute approximate surface area is 125 Å². The molecule has 0 bridgehead atoms. The number of hydrogen-bond donors (Lipinski definition) is 1. The maximum Gasteiger partial charge on any atom is 0.308 e. The van der Waals surface area contributed by atoms with Gasteiger partial charge in [0.2, 0.25) is 6.79 Å². The number of ether oxygens (including phenoxy) is 2. The van der Waals surface area contributed by atoms with E-state index in [0.717, 1.165) is 43.0 Å². The largest absolute Gasteiger partial charge is 0.481 e. The van der Waals surface area contributed by atoms with Gasteiger partial charge in [-0.25, -0.2) is 0 Å². The van der Waals surface area contributed by atoms with Crippen LogP contribution in [-0.4, -0.2) is 31.0 Å². The van der Waals surface area contributed by atoms with Gasteiger partial charge in [0.15, 0.2) is 11.5 Å². The molecule has 21 heavy (non-hydrogen) atoms. The summed E-state index contributed by atoms with van der Waals surface area (Å²) >= 11 is 0. The van der Waals surface area contributed by atoms with Crippen LogP contribution in [0.25, 0.3) is 0 Å². The van der Waals surface area contributed by atoms with Gasteiger partial charge >= 0.3 is 5.97 Å². The second kappa shape index (κ2) is 7.20. The van der Waals surface area contributed by atoms with Crippen LogP contribution >= 0.6 is 0 Å². The third kappa shape index (κ3) is 4.03. The standard InChI is InChI=1S/C16H23NO4/c1-3-4-5-8-17(10-12(2)16(18)19)13-6-7-14-15(9-13)21-11-20-14/h6-7,9,12H,3-5,8,10-11H2,1-2H3,(H,18,19). The molecule has 0 saturated heterocycles. The van der Waals surface area contributed by atoms with E-state index in [1.54, 1.807) is 6.92 Å². The lowest BCUT2D eigenvalue weighted by Gasteiger charge is -2.27. The monoisotopic (exact) mass is 293 g/mol. The molecule has 5 nitrogen and oxygen atoms in total.